The van der Waals surface area contributed by atoms with Gasteiger partial charge in [0.2, 0.25) is 0 Å². The first-order valence-electron chi connectivity index (χ1n) is 5.83. The fourth-order valence-electron chi connectivity index (χ4n) is 2.05. The van der Waals surface area contributed by atoms with Crippen LogP contribution in [0.4, 0.5) is 5.82 Å². The highest BCUT2D eigenvalue weighted by Crippen LogP contribution is 2.28. The van der Waals surface area contributed by atoms with Gasteiger partial charge in [-0.2, -0.15) is 0 Å². The molecular weight excluding hydrogens is 222 g/mol. The van der Waals surface area contributed by atoms with Crippen molar-refractivity contribution in [3.63, 3.8) is 0 Å². The van der Waals surface area contributed by atoms with Crippen molar-refractivity contribution in [2.45, 2.75) is 6.92 Å². The summed E-state index contributed by atoms with van der Waals surface area (Å²) in [4.78, 5) is 0. The molecule has 88 valence electrons. The molecule has 3 nitrogen and oxygen atoms in total. The van der Waals surface area contributed by atoms with Gasteiger partial charge in [0.1, 0.15) is 5.69 Å². The first kappa shape index (κ1) is 10.7. The van der Waals surface area contributed by atoms with Gasteiger partial charge >= 0.3 is 0 Å². The SMILES string of the molecule is Cc1ccc(-c2nnc(N)c3ccccc23)cc1. The van der Waals surface area contributed by atoms with Crippen LogP contribution < -0.4 is 5.73 Å². The topological polar surface area (TPSA) is 51.8 Å². The molecular formula is C15H13N3. The monoisotopic (exact) mass is 235 g/mol. The molecule has 0 aliphatic carbocycles. The highest BCUT2D eigenvalue weighted by molar-refractivity contribution is 5.99. The molecule has 0 amide bonds. The first-order valence-corrected chi connectivity index (χ1v) is 5.83. The molecule has 3 aromatic rings. The predicted octanol–water partition coefficient (Wildman–Crippen LogP) is 3.19. The molecule has 2 aromatic carbocycles. The van der Waals surface area contributed by atoms with Crippen LogP contribution in [0.25, 0.3) is 22.0 Å². The fraction of sp³-hybridized carbons (Fsp3) is 0.0667. The van der Waals surface area contributed by atoms with Crippen LogP contribution in [-0.4, -0.2) is 10.2 Å². The molecule has 0 radical (unpaired) electrons. The van der Waals surface area contributed by atoms with Gasteiger partial charge in [-0.15, -0.1) is 10.2 Å². The largest absolute Gasteiger partial charge is 0.382 e. The molecule has 0 saturated carbocycles. The molecule has 3 heteroatoms. The molecule has 18 heavy (non-hydrogen) atoms. The zero-order valence-corrected chi connectivity index (χ0v) is 10.1. The molecule has 1 heterocycles. The number of nitrogen functional groups attached to an aromatic ring is 1. The molecule has 0 aliphatic rings. The zero-order valence-electron chi connectivity index (χ0n) is 10.1. The van der Waals surface area contributed by atoms with Crippen molar-refractivity contribution in [1.82, 2.24) is 10.2 Å². The molecule has 0 aliphatic heterocycles. The van der Waals surface area contributed by atoms with Gasteiger partial charge in [0.15, 0.2) is 5.82 Å². The molecule has 2 N–H and O–H groups in total. The summed E-state index contributed by atoms with van der Waals surface area (Å²) in [6, 6.07) is 16.2. The average Bonchev–Trinajstić information content (AvgIpc) is 2.41. The minimum Gasteiger partial charge on any atom is -0.382 e. The van der Waals surface area contributed by atoms with Crippen LogP contribution in [-0.2, 0) is 0 Å². The normalized spacial score (nSPS) is 10.7. The number of benzene rings is 2. The maximum absolute atomic E-state index is 5.85. The average molecular weight is 235 g/mol. The summed E-state index contributed by atoms with van der Waals surface area (Å²) in [5, 5.41) is 10.2. The molecule has 0 saturated heterocycles. The van der Waals surface area contributed by atoms with E-state index in [0.717, 1.165) is 22.0 Å². The lowest BCUT2D eigenvalue weighted by molar-refractivity contribution is 1.07. The Hall–Kier alpha value is -2.42. The number of fused-ring (bicyclic) bond motifs is 1. The van der Waals surface area contributed by atoms with Crippen LogP contribution >= 0.6 is 0 Å². The van der Waals surface area contributed by atoms with Gasteiger partial charge in [-0.05, 0) is 6.92 Å². The maximum Gasteiger partial charge on any atom is 0.154 e. The standard InChI is InChI=1S/C15H13N3/c1-10-6-8-11(9-7-10)14-12-4-2-3-5-13(12)15(16)18-17-14/h2-9H,1H3,(H2,16,18). The van der Waals surface area contributed by atoms with Gasteiger partial charge in [0.25, 0.3) is 0 Å². The Labute approximate surface area is 105 Å². The van der Waals surface area contributed by atoms with Gasteiger partial charge in [-0.1, -0.05) is 54.1 Å². The van der Waals surface area contributed by atoms with Gasteiger partial charge in [-0.3, -0.25) is 0 Å². The van der Waals surface area contributed by atoms with E-state index in [1.54, 1.807) is 0 Å². The van der Waals surface area contributed by atoms with E-state index < -0.39 is 0 Å². The van der Waals surface area contributed by atoms with E-state index in [1.165, 1.54) is 5.56 Å². The minimum atomic E-state index is 0.474. The number of hydrogen-bond acceptors (Lipinski definition) is 3. The molecule has 1 aromatic heterocycles. The Bertz CT molecular complexity index is 703. The summed E-state index contributed by atoms with van der Waals surface area (Å²) < 4.78 is 0. The Morgan fingerprint density at radius 1 is 0.833 bits per heavy atom. The quantitative estimate of drug-likeness (QED) is 0.704. The fourth-order valence-corrected chi connectivity index (χ4v) is 2.05. The number of nitrogens with zero attached hydrogens (tertiary/aromatic N) is 2. The van der Waals surface area contributed by atoms with Crippen LogP contribution in [0.2, 0.25) is 0 Å². The summed E-state index contributed by atoms with van der Waals surface area (Å²) in [5.74, 6) is 0.474. The van der Waals surface area contributed by atoms with Crippen LogP contribution in [0.15, 0.2) is 48.5 Å². The summed E-state index contributed by atoms with van der Waals surface area (Å²) >= 11 is 0. The van der Waals surface area contributed by atoms with Gasteiger partial charge < -0.3 is 5.73 Å². The van der Waals surface area contributed by atoms with Crippen molar-refractivity contribution in [3.8, 4) is 11.3 Å². The number of hydrogen-bond donors (Lipinski definition) is 1. The third-order valence-electron chi connectivity index (χ3n) is 3.04. The van der Waals surface area contributed by atoms with Crippen molar-refractivity contribution < 1.29 is 0 Å². The highest BCUT2D eigenvalue weighted by Gasteiger charge is 2.08. The highest BCUT2D eigenvalue weighted by atomic mass is 15.1. The lowest BCUT2D eigenvalue weighted by Crippen LogP contribution is -1.97. The zero-order chi connectivity index (χ0) is 12.5. The number of rotatable bonds is 1. The molecule has 0 spiro atoms. The number of aryl methyl sites for hydroxylation is 1. The van der Waals surface area contributed by atoms with Gasteiger partial charge in [-0.25, -0.2) is 0 Å². The van der Waals surface area contributed by atoms with Crippen LogP contribution in [0.5, 0.6) is 0 Å². The van der Waals surface area contributed by atoms with Gasteiger partial charge in [0.05, 0.1) is 0 Å². The minimum absolute atomic E-state index is 0.474. The van der Waals surface area contributed by atoms with Crippen molar-refractivity contribution in [1.29, 1.82) is 0 Å². The van der Waals surface area contributed by atoms with E-state index in [4.69, 9.17) is 5.73 Å². The lowest BCUT2D eigenvalue weighted by atomic mass is 10.0. The number of aromatic nitrogens is 2. The summed E-state index contributed by atoms with van der Waals surface area (Å²) in [6.07, 6.45) is 0. The Morgan fingerprint density at radius 3 is 2.22 bits per heavy atom. The van der Waals surface area contributed by atoms with Crippen LogP contribution in [0.1, 0.15) is 5.56 Å². The van der Waals surface area contributed by atoms with Crippen LogP contribution in [0.3, 0.4) is 0 Å². The van der Waals surface area contributed by atoms with Crippen molar-refractivity contribution in [3.05, 3.63) is 54.1 Å². The smallest absolute Gasteiger partial charge is 0.154 e. The second-order valence-electron chi connectivity index (χ2n) is 4.35. The van der Waals surface area contributed by atoms with E-state index in [9.17, 15) is 0 Å². The molecule has 0 atom stereocenters. The van der Waals surface area contributed by atoms with E-state index in [1.807, 2.05) is 24.3 Å². The Kier molecular flexibility index (Phi) is 2.45. The third kappa shape index (κ3) is 1.70. The second kappa shape index (κ2) is 4.11. The van der Waals surface area contributed by atoms with E-state index in [-0.39, 0.29) is 0 Å². The van der Waals surface area contributed by atoms with Crippen molar-refractivity contribution >= 4 is 16.6 Å². The third-order valence-corrected chi connectivity index (χ3v) is 3.04. The maximum atomic E-state index is 5.85. The first-order chi connectivity index (χ1) is 8.75. The van der Waals surface area contributed by atoms with Crippen molar-refractivity contribution in [2.24, 2.45) is 0 Å². The Balaban J connectivity index is 2.30. The second-order valence-corrected chi connectivity index (χ2v) is 4.35. The molecule has 0 bridgehead atoms. The van der Waals surface area contributed by atoms with E-state index in [2.05, 4.69) is 41.4 Å². The summed E-state index contributed by atoms with van der Waals surface area (Å²) in [7, 11) is 0. The predicted molar refractivity (Wildman–Crippen MR) is 74.1 cm³/mol. The molecule has 3 rings (SSSR count). The molecule has 0 unspecified atom stereocenters. The van der Waals surface area contributed by atoms with Gasteiger partial charge in [0, 0.05) is 16.3 Å². The van der Waals surface area contributed by atoms with Crippen LogP contribution in [0, 0.1) is 6.92 Å². The summed E-state index contributed by atoms with van der Waals surface area (Å²) in [5.41, 5.74) is 9.02. The number of anilines is 1. The lowest BCUT2D eigenvalue weighted by Gasteiger charge is -2.06. The molecule has 0 fully saturated rings. The number of nitrogens with two attached hydrogens (primary N) is 1. The Morgan fingerprint density at radius 2 is 1.50 bits per heavy atom. The van der Waals surface area contributed by atoms with E-state index >= 15 is 0 Å². The van der Waals surface area contributed by atoms with E-state index in [0.29, 0.717) is 5.82 Å². The van der Waals surface area contributed by atoms with Crippen molar-refractivity contribution in [2.75, 3.05) is 5.73 Å². The summed E-state index contributed by atoms with van der Waals surface area (Å²) in [6.45, 7) is 2.07.